The summed E-state index contributed by atoms with van der Waals surface area (Å²) in [7, 11) is 0. The van der Waals surface area contributed by atoms with Gasteiger partial charge in [-0.1, -0.05) is 38.7 Å². The molecule has 0 aromatic heterocycles. The van der Waals surface area contributed by atoms with Gasteiger partial charge in [0.15, 0.2) is 0 Å². The Bertz CT molecular complexity index is 502. The van der Waals surface area contributed by atoms with Gasteiger partial charge in [-0.15, -0.1) is 0 Å². The van der Waals surface area contributed by atoms with Gasteiger partial charge >= 0.3 is 6.18 Å². The van der Waals surface area contributed by atoms with Crippen molar-refractivity contribution in [2.45, 2.75) is 51.6 Å². The number of unbranched alkanes of at least 4 members (excludes halogenated alkanes) is 2. The highest BCUT2D eigenvalue weighted by atomic mass is 19.4. The topological polar surface area (TPSA) is 12.5 Å². The van der Waals surface area contributed by atoms with Gasteiger partial charge in [-0.2, -0.15) is 13.2 Å². The van der Waals surface area contributed by atoms with Crippen LogP contribution in [0.2, 0.25) is 0 Å². The second-order valence-electron chi connectivity index (χ2n) is 5.85. The van der Waals surface area contributed by atoms with Gasteiger partial charge in [-0.25, -0.2) is 0 Å². The fourth-order valence-electron chi connectivity index (χ4n) is 2.57. The third-order valence-electron chi connectivity index (χ3n) is 3.86. The lowest BCUT2D eigenvalue weighted by Crippen LogP contribution is -2.30. The summed E-state index contributed by atoms with van der Waals surface area (Å²) in [4.78, 5) is 2.62. The molecule has 1 fully saturated rings. The van der Waals surface area contributed by atoms with Gasteiger partial charge in [0.05, 0.1) is 5.56 Å². The summed E-state index contributed by atoms with van der Waals surface area (Å²) >= 11 is 0. The summed E-state index contributed by atoms with van der Waals surface area (Å²) in [6.07, 6.45) is 10.7. The van der Waals surface area contributed by atoms with Crippen LogP contribution >= 0.6 is 0 Å². The minimum Gasteiger partial charge on any atom is -0.408 e. The molecule has 1 saturated heterocycles. The van der Waals surface area contributed by atoms with Crippen LogP contribution < -0.4 is 4.74 Å². The number of benzene rings is 1. The Morgan fingerprint density at radius 2 is 1.88 bits per heavy atom. The van der Waals surface area contributed by atoms with Crippen molar-refractivity contribution < 1.29 is 17.9 Å². The molecule has 134 valence electrons. The molecular weight excluding hydrogens is 315 g/mol. The zero-order valence-corrected chi connectivity index (χ0v) is 14.2. The number of terminal acetylenes is 1. The van der Waals surface area contributed by atoms with E-state index >= 15 is 0 Å². The standard InChI is InChI=1S/C10H21N.C9H5F3O/c1-2-3-5-8-11-9-6-4-7-10-11;1-2-13-8-5-3-4-7(6-8)9(10,11)12/h2-10H2,1H3;1,3-6H. The minimum absolute atomic E-state index is 0.0114. The van der Waals surface area contributed by atoms with Crippen LogP contribution in [0.15, 0.2) is 24.3 Å². The fraction of sp³-hybridized carbons (Fsp3) is 0.579. The van der Waals surface area contributed by atoms with E-state index in [4.69, 9.17) is 6.42 Å². The average Bonchev–Trinajstić information content (AvgIpc) is 2.57. The van der Waals surface area contributed by atoms with Gasteiger partial charge in [-0.3, -0.25) is 0 Å². The predicted octanol–water partition coefficient (Wildman–Crippen LogP) is 5.34. The molecule has 0 aliphatic carbocycles. The number of nitrogens with zero attached hydrogens (tertiary/aromatic N) is 1. The number of alkyl halides is 3. The zero-order chi connectivity index (χ0) is 17.8. The van der Waals surface area contributed by atoms with Crippen LogP contribution in [-0.2, 0) is 6.18 Å². The quantitative estimate of drug-likeness (QED) is 0.530. The highest BCUT2D eigenvalue weighted by Crippen LogP contribution is 2.31. The number of halogens is 3. The summed E-state index contributed by atoms with van der Waals surface area (Å²) in [6, 6.07) is 4.38. The van der Waals surface area contributed by atoms with Crippen molar-refractivity contribution in [3.63, 3.8) is 0 Å². The smallest absolute Gasteiger partial charge is 0.408 e. The Balaban J connectivity index is 0.000000243. The number of hydrogen-bond acceptors (Lipinski definition) is 2. The van der Waals surface area contributed by atoms with Crippen LogP contribution in [0.5, 0.6) is 5.75 Å². The van der Waals surface area contributed by atoms with Crippen molar-refractivity contribution in [1.82, 2.24) is 4.90 Å². The van der Waals surface area contributed by atoms with Crippen molar-refractivity contribution in [2.75, 3.05) is 19.6 Å². The molecule has 24 heavy (non-hydrogen) atoms. The number of hydrogen-bond donors (Lipinski definition) is 0. The first-order chi connectivity index (χ1) is 11.5. The summed E-state index contributed by atoms with van der Waals surface area (Å²) in [5, 5.41) is 0. The monoisotopic (exact) mass is 341 g/mol. The highest BCUT2D eigenvalue weighted by Gasteiger charge is 2.30. The molecule has 0 amide bonds. The highest BCUT2D eigenvalue weighted by molar-refractivity contribution is 5.31. The Morgan fingerprint density at radius 1 is 1.17 bits per heavy atom. The van der Waals surface area contributed by atoms with Crippen molar-refractivity contribution in [1.29, 1.82) is 0 Å². The maximum absolute atomic E-state index is 12.1. The van der Waals surface area contributed by atoms with E-state index in [1.807, 2.05) is 0 Å². The van der Waals surface area contributed by atoms with E-state index < -0.39 is 11.7 Å². The Labute approximate surface area is 143 Å². The van der Waals surface area contributed by atoms with Gasteiger partial charge in [0.1, 0.15) is 11.9 Å². The zero-order valence-electron chi connectivity index (χ0n) is 14.2. The SMILES string of the molecule is C#COc1cccc(C(F)(F)F)c1.CCCCCN1CCCCC1. The second-order valence-corrected chi connectivity index (χ2v) is 5.85. The Morgan fingerprint density at radius 3 is 2.46 bits per heavy atom. The summed E-state index contributed by atoms with van der Waals surface area (Å²) in [5.41, 5.74) is -0.778. The number of piperidine rings is 1. The molecule has 1 aromatic rings. The van der Waals surface area contributed by atoms with E-state index in [-0.39, 0.29) is 5.75 Å². The number of rotatable bonds is 5. The minimum atomic E-state index is -4.37. The van der Waals surface area contributed by atoms with Crippen LogP contribution in [0, 0.1) is 12.5 Å². The van der Waals surface area contributed by atoms with Crippen molar-refractivity contribution in [2.24, 2.45) is 0 Å². The lowest BCUT2D eigenvalue weighted by Gasteiger charge is -2.26. The van der Waals surface area contributed by atoms with E-state index in [1.165, 1.54) is 70.3 Å². The number of likely N-dealkylation sites (tertiary alicyclic amines) is 1. The van der Waals surface area contributed by atoms with E-state index in [9.17, 15) is 13.2 Å². The summed E-state index contributed by atoms with van der Waals surface area (Å²) < 4.78 is 40.8. The molecule has 0 saturated carbocycles. The Kier molecular flexibility index (Phi) is 9.33. The van der Waals surface area contributed by atoms with Crippen LogP contribution in [-0.4, -0.2) is 24.5 Å². The molecule has 0 atom stereocenters. The van der Waals surface area contributed by atoms with Crippen molar-refractivity contribution in [3.05, 3.63) is 29.8 Å². The van der Waals surface area contributed by atoms with E-state index in [0.717, 1.165) is 12.1 Å². The molecule has 0 N–H and O–H groups in total. The van der Waals surface area contributed by atoms with Crippen LogP contribution in [0.1, 0.15) is 51.0 Å². The van der Waals surface area contributed by atoms with Gasteiger partial charge < -0.3 is 9.64 Å². The van der Waals surface area contributed by atoms with Gasteiger partial charge in [0.25, 0.3) is 0 Å². The van der Waals surface area contributed by atoms with Crippen molar-refractivity contribution in [3.8, 4) is 18.3 Å². The molecule has 5 heteroatoms. The van der Waals surface area contributed by atoms with E-state index in [2.05, 4.69) is 16.6 Å². The second kappa shape index (κ2) is 11.0. The predicted molar refractivity (Wildman–Crippen MR) is 90.7 cm³/mol. The normalized spacial score (nSPS) is 15.1. The molecule has 0 radical (unpaired) electrons. The van der Waals surface area contributed by atoms with Gasteiger partial charge in [0.2, 0.25) is 0 Å². The molecule has 0 spiro atoms. The fourth-order valence-corrected chi connectivity index (χ4v) is 2.57. The van der Waals surface area contributed by atoms with Gasteiger partial charge in [-0.05, 0) is 57.1 Å². The lowest BCUT2D eigenvalue weighted by molar-refractivity contribution is -0.137. The third-order valence-corrected chi connectivity index (χ3v) is 3.86. The molecule has 2 rings (SSSR count). The van der Waals surface area contributed by atoms with Crippen LogP contribution in [0.25, 0.3) is 0 Å². The van der Waals surface area contributed by atoms with Gasteiger partial charge in [0, 0.05) is 0 Å². The molecule has 0 unspecified atom stereocenters. The van der Waals surface area contributed by atoms with Crippen LogP contribution in [0.4, 0.5) is 13.2 Å². The number of ether oxygens (including phenoxy) is 1. The molecule has 1 aromatic carbocycles. The first kappa shape index (κ1) is 20.4. The van der Waals surface area contributed by atoms with E-state index in [1.54, 1.807) is 6.11 Å². The first-order valence-corrected chi connectivity index (χ1v) is 8.49. The third kappa shape index (κ3) is 8.26. The summed E-state index contributed by atoms with van der Waals surface area (Å²) in [6.45, 7) is 6.36. The Hall–Kier alpha value is -1.67. The molecule has 1 heterocycles. The molecule has 2 nitrogen and oxygen atoms in total. The first-order valence-electron chi connectivity index (χ1n) is 8.49. The molecule has 0 bridgehead atoms. The van der Waals surface area contributed by atoms with Crippen molar-refractivity contribution >= 4 is 0 Å². The van der Waals surface area contributed by atoms with E-state index in [0.29, 0.717) is 0 Å². The maximum Gasteiger partial charge on any atom is 0.416 e. The average molecular weight is 341 g/mol. The molecular formula is C19H26F3NO. The summed E-state index contributed by atoms with van der Waals surface area (Å²) in [5.74, 6) is 0.0114. The van der Waals surface area contributed by atoms with Crippen LogP contribution in [0.3, 0.4) is 0 Å². The lowest BCUT2D eigenvalue weighted by atomic mass is 10.1. The molecule has 1 aliphatic heterocycles. The molecule has 1 aliphatic rings. The largest absolute Gasteiger partial charge is 0.416 e. The maximum atomic E-state index is 12.1.